The van der Waals surface area contributed by atoms with E-state index in [-0.39, 0.29) is 5.56 Å². The monoisotopic (exact) mass is 344 g/mol. The number of aryl methyl sites for hydroxylation is 2. The second-order valence-electron chi connectivity index (χ2n) is 8.08. The number of piperidine rings is 1. The Morgan fingerprint density at radius 1 is 0.960 bits per heavy atom. The summed E-state index contributed by atoms with van der Waals surface area (Å²) in [5.74, 6) is 0. The van der Waals surface area contributed by atoms with Crippen LogP contribution in [0.25, 0.3) is 0 Å². The first kappa shape index (κ1) is 17.2. The highest BCUT2D eigenvalue weighted by molar-refractivity contribution is 5.20. The van der Waals surface area contributed by atoms with Gasteiger partial charge in [-0.15, -0.1) is 0 Å². The summed E-state index contributed by atoms with van der Waals surface area (Å²) in [4.78, 5) is 17.7. The Kier molecular flexibility index (Phi) is 5.51. The molecule has 0 amide bonds. The van der Waals surface area contributed by atoms with Crippen molar-refractivity contribution >= 4 is 0 Å². The van der Waals surface area contributed by atoms with Crippen molar-refractivity contribution in [3.8, 4) is 0 Å². The Hall–Kier alpha value is -1.20. The highest BCUT2D eigenvalue weighted by Crippen LogP contribution is 2.20. The van der Waals surface area contributed by atoms with Crippen molar-refractivity contribution in [2.45, 2.75) is 70.4 Å². The molecule has 25 heavy (non-hydrogen) atoms. The normalized spacial score (nSPS) is 25.2. The average Bonchev–Trinajstić information content (AvgIpc) is 3.08. The Morgan fingerprint density at radius 3 is 2.68 bits per heavy atom. The minimum absolute atomic E-state index is 0.100. The van der Waals surface area contributed by atoms with Crippen LogP contribution in [0.2, 0.25) is 0 Å². The zero-order chi connectivity index (χ0) is 17.1. The van der Waals surface area contributed by atoms with Crippen LogP contribution >= 0.6 is 0 Å². The molecule has 5 nitrogen and oxygen atoms in total. The minimum atomic E-state index is 0.100. The third-order valence-electron chi connectivity index (χ3n) is 6.31. The van der Waals surface area contributed by atoms with E-state index in [1.165, 1.54) is 82.4 Å². The van der Waals surface area contributed by atoms with Crippen molar-refractivity contribution in [3.05, 3.63) is 27.7 Å². The molecule has 1 atom stereocenters. The molecule has 1 aromatic heterocycles. The van der Waals surface area contributed by atoms with Gasteiger partial charge in [0.15, 0.2) is 0 Å². The van der Waals surface area contributed by atoms with Gasteiger partial charge in [-0.1, -0.05) is 6.42 Å². The van der Waals surface area contributed by atoms with Crippen LogP contribution in [-0.4, -0.2) is 58.3 Å². The quantitative estimate of drug-likeness (QED) is 0.820. The van der Waals surface area contributed by atoms with Crippen LogP contribution in [0, 0.1) is 0 Å². The fourth-order valence-electron chi connectivity index (χ4n) is 4.78. The van der Waals surface area contributed by atoms with E-state index >= 15 is 0 Å². The van der Waals surface area contributed by atoms with Gasteiger partial charge < -0.3 is 4.90 Å². The molecule has 0 radical (unpaired) electrons. The highest BCUT2D eigenvalue weighted by Gasteiger charge is 2.26. The predicted molar refractivity (Wildman–Crippen MR) is 100 cm³/mol. The fraction of sp³-hybridized carbons (Fsp3) is 0.800. The van der Waals surface area contributed by atoms with E-state index in [9.17, 15) is 4.79 Å². The first-order valence-electron chi connectivity index (χ1n) is 10.4. The molecule has 0 bridgehead atoms. The number of likely N-dealkylation sites (tertiary alicyclic amines) is 2. The largest absolute Gasteiger partial charge is 0.302 e. The summed E-state index contributed by atoms with van der Waals surface area (Å²) in [6.07, 6.45) is 11.1. The van der Waals surface area contributed by atoms with Crippen LogP contribution < -0.4 is 5.56 Å². The van der Waals surface area contributed by atoms with E-state index in [1.54, 1.807) is 4.68 Å². The van der Waals surface area contributed by atoms with Gasteiger partial charge in [-0.05, 0) is 76.6 Å². The van der Waals surface area contributed by atoms with Crippen LogP contribution in [0.5, 0.6) is 0 Å². The molecule has 0 spiro atoms. The van der Waals surface area contributed by atoms with Crippen molar-refractivity contribution in [3.63, 3.8) is 0 Å². The van der Waals surface area contributed by atoms with E-state index in [0.29, 0.717) is 6.04 Å². The SMILES string of the molecule is O=c1cc2c(nn1CC1CCCN1CCN1CCCCC1)CCCC2. The van der Waals surface area contributed by atoms with E-state index in [4.69, 9.17) is 5.10 Å². The summed E-state index contributed by atoms with van der Waals surface area (Å²) < 4.78 is 1.76. The molecule has 0 aromatic carbocycles. The molecule has 0 N–H and O–H groups in total. The van der Waals surface area contributed by atoms with Crippen molar-refractivity contribution < 1.29 is 0 Å². The van der Waals surface area contributed by atoms with Gasteiger partial charge in [0.05, 0.1) is 12.2 Å². The van der Waals surface area contributed by atoms with Crippen LogP contribution in [0.3, 0.4) is 0 Å². The highest BCUT2D eigenvalue weighted by atomic mass is 16.1. The van der Waals surface area contributed by atoms with E-state index < -0.39 is 0 Å². The second kappa shape index (κ2) is 8.00. The molecule has 3 heterocycles. The Morgan fingerprint density at radius 2 is 1.80 bits per heavy atom. The lowest BCUT2D eigenvalue weighted by Gasteiger charge is -2.31. The van der Waals surface area contributed by atoms with E-state index in [1.807, 2.05) is 6.07 Å². The standard InChI is InChI=1S/C20H32N4O/c25-20-15-17-7-2-3-9-19(17)21-24(20)16-18-8-6-12-23(18)14-13-22-10-4-1-5-11-22/h15,18H,1-14,16H2. The average molecular weight is 345 g/mol. The van der Waals surface area contributed by atoms with Gasteiger partial charge in [-0.3, -0.25) is 9.69 Å². The first-order valence-corrected chi connectivity index (χ1v) is 10.4. The van der Waals surface area contributed by atoms with Gasteiger partial charge in [-0.25, -0.2) is 4.68 Å². The topological polar surface area (TPSA) is 41.4 Å². The lowest BCUT2D eigenvalue weighted by molar-refractivity contribution is 0.164. The molecular weight excluding hydrogens is 312 g/mol. The maximum absolute atomic E-state index is 12.5. The molecule has 2 fully saturated rings. The van der Waals surface area contributed by atoms with Crippen LogP contribution in [-0.2, 0) is 19.4 Å². The van der Waals surface area contributed by atoms with Crippen LogP contribution in [0.4, 0.5) is 0 Å². The predicted octanol–water partition coefficient (Wildman–Crippen LogP) is 2.07. The van der Waals surface area contributed by atoms with E-state index in [2.05, 4.69) is 9.80 Å². The van der Waals surface area contributed by atoms with Crippen LogP contribution in [0.15, 0.2) is 10.9 Å². The summed E-state index contributed by atoms with van der Waals surface area (Å²) in [6.45, 7) is 6.81. The van der Waals surface area contributed by atoms with Gasteiger partial charge in [-0.2, -0.15) is 5.10 Å². The molecule has 3 aliphatic rings. The molecular formula is C20H32N4O. The molecule has 4 rings (SSSR count). The maximum atomic E-state index is 12.5. The summed E-state index contributed by atoms with van der Waals surface area (Å²) in [7, 11) is 0. The molecule has 2 aliphatic heterocycles. The third kappa shape index (κ3) is 4.14. The summed E-state index contributed by atoms with van der Waals surface area (Å²) in [5, 5.41) is 4.73. The van der Waals surface area contributed by atoms with E-state index in [0.717, 1.165) is 25.9 Å². The summed E-state index contributed by atoms with van der Waals surface area (Å²) >= 11 is 0. The van der Waals surface area contributed by atoms with Gasteiger partial charge in [0, 0.05) is 25.2 Å². The Bertz CT molecular complexity index is 635. The number of hydrogen-bond donors (Lipinski definition) is 0. The molecule has 138 valence electrons. The van der Waals surface area contributed by atoms with Crippen molar-refractivity contribution in [2.75, 3.05) is 32.7 Å². The summed E-state index contributed by atoms with van der Waals surface area (Å²) in [5.41, 5.74) is 2.47. The molecule has 1 unspecified atom stereocenters. The van der Waals surface area contributed by atoms with Gasteiger partial charge >= 0.3 is 0 Å². The second-order valence-corrected chi connectivity index (χ2v) is 8.08. The molecule has 2 saturated heterocycles. The number of nitrogens with zero attached hydrogens (tertiary/aromatic N) is 4. The number of fused-ring (bicyclic) bond motifs is 1. The van der Waals surface area contributed by atoms with Crippen molar-refractivity contribution in [1.29, 1.82) is 0 Å². The zero-order valence-corrected chi connectivity index (χ0v) is 15.5. The molecule has 5 heteroatoms. The third-order valence-corrected chi connectivity index (χ3v) is 6.31. The maximum Gasteiger partial charge on any atom is 0.267 e. The Labute approximate surface area is 151 Å². The van der Waals surface area contributed by atoms with Gasteiger partial charge in [0.25, 0.3) is 5.56 Å². The van der Waals surface area contributed by atoms with Crippen LogP contribution in [0.1, 0.15) is 56.2 Å². The summed E-state index contributed by atoms with van der Waals surface area (Å²) in [6, 6.07) is 2.34. The fourth-order valence-corrected chi connectivity index (χ4v) is 4.78. The first-order chi connectivity index (χ1) is 12.3. The Balaban J connectivity index is 1.38. The lowest BCUT2D eigenvalue weighted by Crippen LogP contribution is -2.42. The van der Waals surface area contributed by atoms with Crippen molar-refractivity contribution in [2.24, 2.45) is 0 Å². The zero-order valence-electron chi connectivity index (χ0n) is 15.5. The number of hydrogen-bond acceptors (Lipinski definition) is 4. The smallest absolute Gasteiger partial charge is 0.267 e. The number of rotatable bonds is 5. The van der Waals surface area contributed by atoms with Gasteiger partial charge in [0.1, 0.15) is 0 Å². The van der Waals surface area contributed by atoms with Crippen molar-refractivity contribution in [1.82, 2.24) is 19.6 Å². The lowest BCUT2D eigenvalue weighted by atomic mass is 9.97. The van der Waals surface area contributed by atoms with Gasteiger partial charge in [0.2, 0.25) is 0 Å². The number of aromatic nitrogens is 2. The molecule has 1 aliphatic carbocycles. The molecule has 1 aromatic rings. The minimum Gasteiger partial charge on any atom is -0.302 e. The molecule has 0 saturated carbocycles.